The summed E-state index contributed by atoms with van der Waals surface area (Å²) in [6.07, 6.45) is 1.84. The number of hydrogen-bond donors (Lipinski definition) is 1. The van der Waals surface area contributed by atoms with Gasteiger partial charge in [0.25, 0.3) is 0 Å². The van der Waals surface area contributed by atoms with Crippen LogP contribution in [-0.4, -0.2) is 9.55 Å². The normalized spacial score (nSPS) is 10.7. The number of aromatic nitrogens is 2. The number of fused-ring (bicyclic) bond motifs is 1. The van der Waals surface area contributed by atoms with Crippen LogP contribution < -0.4 is 5.32 Å². The fourth-order valence-corrected chi connectivity index (χ4v) is 2.10. The Bertz CT molecular complexity index is 675. The van der Waals surface area contributed by atoms with Gasteiger partial charge in [0.2, 0.25) is 0 Å². The molecule has 3 nitrogen and oxygen atoms in total. The average molecular weight is 258 g/mol. The second-order valence-corrected chi connectivity index (χ2v) is 4.48. The molecule has 0 aliphatic carbocycles. The highest BCUT2D eigenvalue weighted by atomic mass is 35.5. The third-order valence-corrected chi connectivity index (χ3v) is 3.04. The van der Waals surface area contributed by atoms with Crippen LogP contribution in [0.4, 0.5) is 5.69 Å². The maximum atomic E-state index is 5.94. The summed E-state index contributed by atoms with van der Waals surface area (Å²) >= 11 is 5.94. The number of benzene rings is 2. The summed E-state index contributed by atoms with van der Waals surface area (Å²) in [6, 6.07) is 15.7. The van der Waals surface area contributed by atoms with Gasteiger partial charge < -0.3 is 9.88 Å². The molecule has 3 aromatic rings. The zero-order valence-corrected chi connectivity index (χ0v) is 10.4. The summed E-state index contributed by atoms with van der Waals surface area (Å²) in [5.74, 6) is 0. The van der Waals surface area contributed by atoms with Crippen LogP contribution in [0.1, 0.15) is 0 Å². The van der Waals surface area contributed by atoms with Gasteiger partial charge in [0.05, 0.1) is 24.0 Å². The van der Waals surface area contributed by atoms with Gasteiger partial charge in [-0.15, -0.1) is 0 Å². The van der Waals surface area contributed by atoms with Crippen LogP contribution in [0.25, 0.3) is 11.0 Å². The second kappa shape index (κ2) is 4.70. The molecule has 4 heteroatoms. The predicted molar refractivity (Wildman–Crippen MR) is 74.8 cm³/mol. The first kappa shape index (κ1) is 11.1. The molecule has 0 spiro atoms. The zero-order valence-electron chi connectivity index (χ0n) is 9.68. The van der Waals surface area contributed by atoms with Gasteiger partial charge in [-0.2, -0.15) is 0 Å². The van der Waals surface area contributed by atoms with Crippen molar-refractivity contribution in [2.24, 2.45) is 0 Å². The Morgan fingerprint density at radius 1 is 1.11 bits per heavy atom. The maximum absolute atomic E-state index is 5.94. The van der Waals surface area contributed by atoms with Crippen molar-refractivity contribution in [1.82, 2.24) is 9.55 Å². The second-order valence-electron chi connectivity index (χ2n) is 4.05. The molecule has 18 heavy (non-hydrogen) atoms. The molecule has 0 fully saturated rings. The Labute approximate surface area is 110 Å². The lowest BCUT2D eigenvalue weighted by atomic mass is 10.3. The monoisotopic (exact) mass is 257 g/mol. The van der Waals surface area contributed by atoms with Crippen molar-refractivity contribution < 1.29 is 0 Å². The minimum Gasteiger partial charge on any atom is -0.367 e. The molecule has 0 aliphatic rings. The van der Waals surface area contributed by atoms with E-state index >= 15 is 0 Å². The van der Waals surface area contributed by atoms with Crippen molar-refractivity contribution in [2.75, 3.05) is 5.32 Å². The van der Waals surface area contributed by atoms with Crippen LogP contribution in [0.5, 0.6) is 0 Å². The lowest BCUT2D eigenvalue weighted by molar-refractivity contribution is 0.800. The van der Waals surface area contributed by atoms with Crippen LogP contribution >= 0.6 is 11.6 Å². The molecule has 0 bridgehead atoms. The lowest BCUT2D eigenvalue weighted by Crippen LogP contribution is -2.06. The number of rotatable bonds is 3. The van der Waals surface area contributed by atoms with E-state index in [0.717, 1.165) is 21.7 Å². The van der Waals surface area contributed by atoms with Crippen molar-refractivity contribution in [1.29, 1.82) is 0 Å². The number of hydrogen-bond acceptors (Lipinski definition) is 2. The molecule has 0 unspecified atom stereocenters. The van der Waals surface area contributed by atoms with Gasteiger partial charge in [-0.1, -0.05) is 29.8 Å². The quantitative estimate of drug-likeness (QED) is 0.774. The Morgan fingerprint density at radius 3 is 2.89 bits per heavy atom. The third-order valence-electron chi connectivity index (χ3n) is 2.81. The van der Waals surface area contributed by atoms with Crippen molar-refractivity contribution in [3.05, 3.63) is 59.9 Å². The van der Waals surface area contributed by atoms with E-state index in [0.29, 0.717) is 6.67 Å². The molecule has 0 saturated heterocycles. The SMILES string of the molecule is Clc1cccc(NCn2cnc3ccccc32)c1. The van der Waals surface area contributed by atoms with Gasteiger partial charge in [-0.3, -0.25) is 0 Å². The van der Waals surface area contributed by atoms with Gasteiger partial charge in [0, 0.05) is 10.7 Å². The van der Waals surface area contributed by atoms with E-state index in [1.807, 2.05) is 48.8 Å². The molecule has 0 aliphatic heterocycles. The van der Waals surface area contributed by atoms with Gasteiger partial charge >= 0.3 is 0 Å². The molecular weight excluding hydrogens is 246 g/mol. The molecule has 1 N–H and O–H groups in total. The molecule has 2 aromatic carbocycles. The number of halogens is 1. The first-order chi connectivity index (χ1) is 8.83. The van der Waals surface area contributed by atoms with E-state index in [-0.39, 0.29) is 0 Å². The molecule has 0 atom stereocenters. The molecular formula is C14H12ClN3. The van der Waals surface area contributed by atoms with Crippen LogP contribution in [0.3, 0.4) is 0 Å². The number of para-hydroxylation sites is 2. The van der Waals surface area contributed by atoms with Crippen molar-refractivity contribution >= 4 is 28.3 Å². The van der Waals surface area contributed by atoms with Crippen molar-refractivity contribution in [2.45, 2.75) is 6.67 Å². The summed E-state index contributed by atoms with van der Waals surface area (Å²) in [4.78, 5) is 4.35. The molecule has 0 amide bonds. The largest absolute Gasteiger partial charge is 0.367 e. The molecule has 0 saturated carbocycles. The van der Waals surface area contributed by atoms with E-state index in [1.165, 1.54) is 0 Å². The van der Waals surface area contributed by atoms with E-state index in [1.54, 1.807) is 0 Å². The van der Waals surface area contributed by atoms with Crippen LogP contribution in [0, 0.1) is 0 Å². The van der Waals surface area contributed by atoms with Gasteiger partial charge in [0.1, 0.15) is 0 Å². The van der Waals surface area contributed by atoms with Crippen molar-refractivity contribution in [3.8, 4) is 0 Å². The summed E-state index contributed by atoms with van der Waals surface area (Å²) in [5.41, 5.74) is 3.12. The summed E-state index contributed by atoms with van der Waals surface area (Å²) in [5, 5.41) is 4.05. The van der Waals surface area contributed by atoms with E-state index < -0.39 is 0 Å². The van der Waals surface area contributed by atoms with Gasteiger partial charge in [-0.25, -0.2) is 4.98 Å². The highest BCUT2D eigenvalue weighted by Gasteiger charge is 2.00. The third kappa shape index (κ3) is 2.17. The Kier molecular flexibility index (Phi) is 2.90. The minimum absolute atomic E-state index is 0.668. The number of anilines is 1. The molecule has 90 valence electrons. The fraction of sp³-hybridized carbons (Fsp3) is 0.0714. The smallest absolute Gasteiger partial charge is 0.0973 e. The summed E-state index contributed by atoms with van der Waals surface area (Å²) in [7, 11) is 0. The predicted octanol–water partition coefficient (Wildman–Crippen LogP) is 3.76. The Hall–Kier alpha value is -2.00. The van der Waals surface area contributed by atoms with Gasteiger partial charge in [-0.05, 0) is 30.3 Å². The van der Waals surface area contributed by atoms with E-state index in [9.17, 15) is 0 Å². The summed E-state index contributed by atoms with van der Waals surface area (Å²) < 4.78 is 2.07. The minimum atomic E-state index is 0.668. The average Bonchev–Trinajstić information content (AvgIpc) is 2.80. The van der Waals surface area contributed by atoms with Crippen LogP contribution in [0.15, 0.2) is 54.9 Å². The molecule has 0 radical (unpaired) electrons. The lowest BCUT2D eigenvalue weighted by Gasteiger charge is -2.08. The number of imidazole rings is 1. The molecule has 1 heterocycles. The van der Waals surface area contributed by atoms with Crippen LogP contribution in [0.2, 0.25) is 5.02 Å². The highest BCUT2D eigenvalue weighted by molar-refractivity contribution is 6.30. The zero-order chi connectivity index (χ0) is 12.4. The van der Waals surface area contributed by atoms with Crippen molar-refractivity contribution in [3.63, 3.8) is 0 Å². The number of nitrogens with one attached hydrogen (secondary N) is 1. The highest BCUT2D eigenvalue weighted by Crippen LogP contribution is 2.16. The first-order valence-corrected chi connectivity index (χ1v) is 6.10. The fourth-order valence-electron chi connectivity index (χ4n) is 1.91. The molecule has 3 rings (SSSR count). The Balaban J connectivity index is 1.81. The Morgan fingerprint density at radius 2 is 2.00 bits per heavy atom. The standard InChI is InChI=1S/C14H12ClN3/c15-11-4-3-5-12(8-11)16-9-18-10-17-13-6-1-2-7-14(13)18/h1-8,10,16H,9H2. The van der Waals surface area contributed by atoms with Crippen LogP contribution in [-0.2, 0) is 6.67 Å². The summed E-state index contributed by atoms with van der Waals surface area (Å²) in [6.45, 7) is 0.668. The molecule has 1 aromatic heterocycles. The number of nitrogens with zero attached hydrogens (tertiary/aromatic N) is 2. The maximum Gasteiger partial charge on any atom is 0.0973 e. The van der Waals surface area contributed by atoms with E-state index in [2.05, 4.69) is 20.9 Å². The first-order valence-electron chi connectivity index (χ1n) is 5.72. The van der Waals surface area contributed by atoms with E-state index in [4.69, 9.17) is 11.6 Å². The van der Waals surface area contributed by atoms with Gasteiger partial charge in [0.15, 0.2) is 0 Å². The topological polar surface area (TPSA) is 29.9 Å².